The predicted molar refractivity (Wildman–Crippen MR) is 97.6 cm³/mol. The minimum absolute atomic E-state index is 0.223. The van der Waals surface area contributed by atoms with Gasteiger partial charge < -0.3 is 9.80 Å². The number of piperidine rings is 1. The number of nitrogens with zero attached hydrogens (tertiary/aromatic N) is 5. The average Bonchev–Trinajstić information content (AvgIpc) is 3.17. The fraction of sp³-hybridized carbons (Fsp3) is 0.526. The third kappa shape index (κ3) is 3.74. The van der Waals surface area contributed by atoms with Crippen molar-refractivity contribution >= 4 is 5.91 Å². The normalized spacial score (nSPS) is 17.0. The molecule has 2 heterocycles. The summed E-state index contributed by atoms with van der Waals surface area (Å²) in [6, 6.07) is 8.01. The monoisotopic (exact) mass is 341 g/mol. The van der Waals surface area contributed by atoms with Crippen molar-refractivity contribution in [1.29, 1.82) is 0 Å². The molecule has 0 radical (unpaired) electrons. The van der Waals surface area contributed by atoms with Gasteiger partial charge in [0.25, 0.3) is 0 Å². The molecule has 0 bridgehead atoms. The molecule has 2 aromatic rings. The Hall–Kier alpha value is -2.21. The van der Waals surface area contributed by atoms with E-state index in [1.807, 2.05) is 33.7 Å². The van der Waals surface area contributed by atoms with Crippen molar-refractivity contribution in [3.63, 3.8) is 0 Å². The van der Waals surface area contributed by atoms with Crippen LogP contribution in [-0.2, 0) is 11.2 Å². The maximum absolute atomic E-state index is 12.6. The van der Waals surface area contributed by atoms with E-state index in [1.54, 1.807) is 12.7 Å². The maximum Gasteiger partial charge on any atom is 0.226 e. The zero-order valence-electron chi connectivity index (χ0n) is 15.4. The second kappa shape index (κ2) is 7.35. The highest BCUT2D eigenvalue weighted by Gasteiger charge is 2.35. The summed E-state index contributed by atoms with van der Waals surface area (Å²) in [5.74, 6) is 0.223. The van der Waals surface area contributed by atoms with Crippen LogP contribution in [0.1, 0.15) is 31.7 Å². The van der Waals surface area contributed by atoms with E-state index in [9.17, 15) is 4.79 Å². The number of hydrogen-bond acceptors (Lipinski definition) is 4. The number of benzene rings is 1. The van der Waals surface area contributed by atoms with Crippen LogP contribution in [-0.4, -0.2) is 63.2 Å². The summed E-state index contributed by atoms with van der Waals surface area (Å²) in [4.78, 5) is 17.0. The fourth-order valence-electron chi connectivity index (χ4n) is 3.70. The van der Waals surface area contributed by atoms with Crippen LogP contribution in [0.15, 0.2) is 36.9 Å². The van der Waals surface area contributed by atoms with Crippen molar-refractivity contribution in [2.75, 3.05) is 27.2 Å². The molecule has 0 saturated carbocycles. The number of rotatable bonds is 5. The molecule has 1 amide bonds. The third-order valence-electron chi connectivity index (χ3n) is 5.66. The Labute approximate surface area is 149 Å². The van der Waals surface area contributed by atoms with Crippen LogP contribution in [0.25, 0.3) is 5.69 Å². The van der Waals surface area contributed by atoms with E-state index >= 15 is 0 Å². The lowest BCUT2D eigenvalue weighted by Crippen LogP contribution is -2.53. The van der Waals surface area contributed by atoms with E-state index in [2.05, 4.69) is 36.1 Å². The van der Waals surface area contributed by atoms with E-state index in [0.29, 0.717) is 6.42 Å². The molecule has 1 aromatic heterocycles. The average molecular weight is 341 g/mol. The molecule has 0 spiro atoms. The second-order valence-corrected chi connectivity index (χ2v) is 7.07. The highest BCUT2D eigenvalue weighted by Crippen LogP contribution is 2.30. The molecule has 1 fully saturated rings. The van der Waals surface area contributed by atoms with E-state index < -0.39 is 0 Å². The molecule has 1 saturated heterocycles. The van der Waals surface area contributed by atoms with Gasteiger partial charge in [-0.2, -0.15) is 0 Å². The van der Waals surface area contributed by atoms with Gasteiger partial charge in [-0.25, -0.2) is 0 Å². The van der Waals surface area contributed by atoms with E-state index in [4.69, 9.17) is 0 Å². The lowest BCUT2D eigenvalue weighted by Gasteiger charge is -2.46. The molecule has 1 aliphatic rings. The molecule has 25 heavy (non-hydrogen) atoms. The summed E-state index contributed by atoms with van der Waals surface area (Å²) in [6.45, 7) is 3.95. The van der Waals surface area contributed by atoms with Gasteiger partial charge in [-0.3, -0.25) is 9.36 Å². The van der Waals surface area contributed by atoms with Crippen LogP contribution < -0.4 is 0 Å². The third-order valence-corrected chi connectivity index (χ3v) is 5.66. The molecular formula is C19H27N5O. The molecule has 0 unspecified atom stereocenters. The van der Waals surface area contributed by atoms with Crippen LogP contribution in [0, 0.1) is 0 Å². The molecule has 0 atom stereocenters. The van der Waals surface area contributed by atoms with Crippen molar-refractivity contribution in [3.05, 3.63) is 42.5 Å². The highest BCUT2D eigenvalue weighted by atomic mass is 16.2. The Morgan fingerprint density at radius 1 is 1.12 bits per heavy atom. The van der Waals surface area contributed by atoms with Gasteiger partial charge >= 0.3 is 0 Å². The number of hydrogen-bond donors (Lipinski definition) is 0. The molecule has 1 aliphatic heterocycles. The fourth-order valence-corrected chi connectivity index (χ4v) is 3.70. The molecular weight excluding hydrogens is 314 g/mol. The maximum atomic E-state index is 12.6. The van der Waals surface area contributed by atoms with Crippen LogP contribution >= 0.6 is 0 Å². The Bertz CT molecular complexity index is 685. The Morgan fingerprint density at radius 3 is 2.24 bits per heavy atom. The first-order valence-corrected chi connectivity index (χ1v) is 8.93. The molecule has 134 valence electrons. The SMILES string of the molecule is CCC1(N(C)C)CCN(C(=O)Cc2ccc(-n3cnnc3)cc2)CC1. The van der Waals surface area contributed by atoms with Gasteiger partial charge in [-0.05, 0) is 51.1 Å². The molecule has 0 aliphatic carbocycles. The summed E-state index contributed by atoms with van der Waals surface area (Å²) in [5.41, 5.74) is 2.29. The van der Waals surface area contributed by atoms with E-state index in [-0.39, 0.29) is 11.4 Å². The van der Waals surface area contributed by atoms with Crippen molar-refractivity contribution in [2.24, 2.45) is 0 Å². The number of amides is 1. The largest absolute Gasteiger partial charge is 0.342 e. The van der Waals surface area contributed by atoms with Crippen LogP contribution in [0.3, 0.4) is 0 Å². The Balaban J connectivity index is 1.58. The van der Waals surface area contributed by atoms with Gasteiger partial charge in [0.2, 0.25) is 5.91 Å². The lowest BCUT2D eigenvalue weighted by molar-refractivity contribution is -0.133. The number of likely N-dealkylation sites (tertiary alicyclic amines) is 1. The van der Waals surface area contributed by atoms with Crippen molar-refractivity contribution in [2.45, 2.75) is 38.1 Å². The molecule has 6 nitrogen and oxygen atoms in total. The molecule has 1 aromatic carbocycles. The zero-order chi connectivity index (χ0) is 17.9. The van der Waals surface area contributed by atoms with Crippen molar-refractivity contribution in [1.82, 2.24) is 24.6 Å². The van der Waals surface area contributed by atoms with E-state index in [0.717, 1.165) is 43.6 Å². The zero-order valence-corrected chi connectivity index (χ0v) is 15.4. The lowest BCUT2D eigenvalue weighted by atomic mass is 9.83. The van der Waals surface area contributed by atoms with Gasteiger partial charge in [0.05, 0.1) is 6.42 Å². The second-order valence-electron chi connectivity index (χ2n) is 7.07. The van der Waals surface area contributed by atoms with Crippen LogP contribution in [0.2, 0.25) is 0 Å². The summed E-state index contributed by atoms with van der Waals surface area (Å²) >= 11 is 0. The molecule has 6 heteroatoms. The van der Waals surface area contributed by atoms with Crippen molar-refractivity contribution in [3.8, 4) is 5.69 Å². The highest BCUT2D eigenvalue weighted by molar-refractivity contribution is 5.79. The summed E-state index contributed by atoms with van der Waals surface area (Å²) in [5, 5.41) is 7.62. The topological polar surface area (TPSA) is 54.3 Å². The minimum atomic E-state index is 0.223. The summed E-state index contributed by atoms with van der Waals surface area (Å²) in [6.07, 6.45) is 7.02. The standard InChI is InChI=1S/C19H27N5O/c1-4-19(22(2)3)9-11-23(12-10-19)18(25)13-16-5-7-17(8-6-16)24-14-20-21-15-24/h5-8,14-15H,4,9-13H2,1-3H3. The number of carbonyl (C=O) groups is 1. The molecule has 0 N–H and O–H groups in total. The predicted octanol–water partition coefficient (Wildman–Crippen LogP) is 2.14. The van der Waals surface area contributed by atoms with Gasteiger partial charge in [0.1, 0.15) is 12.7 Å². The smallest absolute Gasteiger partial charge is 0.226 e. The van der Waals surface area contributed by atoms with Crippen LogP contribution in [0.5, 0.6) is 0 Å². The summed E-state index contributed by atoms with van der Waals surface area (Å²) < 4.78 is 1.85. The van der Waals surface area contributed by atoms with Crippen molar-refractivity contribution < 1.29 is 4.79 Å². The van der Waals surface area contributed by atoms with Gasteiger partial charge in [-0.1, -0.05) is 19.1 Å². The minimum Gasteiger partial charge on any atom is -0.342 e. The van der Waals surface area contributed by atoms with Gasteiger partial charge in [0.15, 0.2) is 0 Å². The number of aromatic nitrogens is 3. The first-order chi connectivity index (χ1) is 12.0. The van der Waals surface area contributed by atoms with Gasteiger partial charge in [-0.15, -0.1) is 10.2 Å². The number of carbonyl (C=O) groups excluding carboxylic acids is 1. The summed E-state index contributed by atoms with van der Waals surface area (Å²) in [7, 11) is 4.30. The quantitative estimate of drug-likeness (QED) is 0.836. The Kier molecular flexibility index (Phi) is 5.18. The molecule has 3 rings (SSSR count). The van der Waals surface area contributed by atoms with E-state index in [1.165, 1.54) is 0 Å². The Morgan fingerprint density at radius 2 is 1.72 bits per heavy atom. The first kappa shape index (κ1) is 17.6. The van der Waals surface area contributed by atoms with Crippen LogP contribution in [0.4, 0.5) is 0 Å². The first-order valence-electron chi connectivity index (χ1n) is 8.93. The van der Waals surface area contributed by atoms with Gasteiger partial charge in [0, 0.05) is 24.3 Å².